The Balaban J connectivity index is 1.35. The van der Waals surface area contributed by atoms with Crippen LogP contribution >= 0.6 is 11.3 Å². The lowest BCUT2D eigenvalue weighted by Gasteiger charge is -2.33. The molecular weight excluding hydrogens is 428 g/mol. The number of carbonyl (C=O) groups is 1. The van der Waals surface area contributed by atoms with Crippen LogP contribution in [-0.4, -0.2) is 36.6 Å². The van der Waals surface area contributed by atoms with Crippen molar-refractivity contribution in [1.29, 1.82) is 0 Å². The van der Waals surface area contributed by atoms with Gasteiger partial charge in [-0.25, -0.2) is 8.42 Å². The van der Waals surface area contributed by atoms with Crippen molar-refractivity contribution in [1.82, 2.24) is 9.21 Å². The van der Waals surface area contributed by atoms with E-state index < -0.39 is 10.0 Å². The van der Waals surface area contributed by atoms with E-state index in [9.17, 15) is 13.2 Å². The molecule has 31 heavy (non-hydrogen) atoms. The Labute approximate surface area is 187 Å². The lowest BCUT2D eigenvalue weighted by molar-refractivity contribution is 0.0679. The van der Waals surface area contributed by atoms with E-state index >= 15 is 0 Å². The molecule has 2 aromatic carbocycles. The van der Waals surface area contributed by atoms with Crippen LogP contribution in [0.25, 0.3) is 0 Å². The first kappa shape index (κ1) is 20.4. The van der Waals surface area contributed by atoms with E-state index in [2.05, 4.69) is 24.4 Å². The van der Waals surface area contributed by atoms with Crippen LogP contribution in [0, 0.1) is 0 Å². The third-order valence-electron chi connectivity index (χ3n) is 6.37. The highest BCUT2D eigenvalue weighted by Gasteiger charge is 2.31. The normalized spacial score (nSPS) is 19.0. The minimum atomic E-state index is -3.61. The van der Waals surface area contributed by atoms with E-state index in [1.165, 1.54) is 20.3 Å². The van der Waals surface area contributed by atoms with Crippen molar-refractivity contribution in [3.63, 3.8) is 0 Å². The summed E-state index contributed by atoms with van der Waals surface area (Å²) >= 11 is 1.74. The summed E-state index contributed by atoms with van der Waals surface area (Å²) in [6, 6.07) is 16.5. The summed E-state index contributed by atoms with van der Waals surface area (Å²) in [6.45, 7) is 3.58. The Hall–Kier alpha value is -2.48. The van der Waals surface area contributed by atoms with Crippen molar-refractivity contribution >= 4 is 27.3 Å². The lowest BCUT2D eigenvalue weighted by atomic mass is 10.0. The van der Waals surface area contributed by atoms with Gasteiger partial charge in [-0.1, -0.05) is 24.3 Å². The summed E-state index contributed by atoms with van der Waals surface area (Å²) in [7, 11) is -3.61. The van der Waals surface area contributed by atoms with E-state index in [1.807, 2.05) is 23.1 Å². The number of thiophene rings is 1. The van der Waals surface area contributed by atoms with Crippen molar-refractivity contribution in [2.75, 3.05) is 13.1 Å². The maximum absolute atomic E-state index is 13.2. The molecule has 0 spiro atoms. The van der Waals surface area contributed by atoms with Gasteiger partial charge >= 0.3 is 0 Å². The smallest absolute Gasteiger partial charge is 0.254 e. The number of benzene rings is 2. The first-order valence-corrected chi connectivity index (χ1v) is 12.8. The number of nitrogens with zero attached hydrogens (tertiary/aromatic N) is 2. The molecule has 0 fully saturated rings. The average Bonchev–Trinajstić information content (AvgIpc) is 3.28. The molecule has 160 valence electrons. The molecule has 1 atom stereocenters. The predicted octanol–water partition coefficient (Wildman–Crippen LogP) is 4.25. The quantitative estimate of drug-likeness (QED) is 0.597. The van der Waals surface area contributed by atoms with Crippen LogP contribution in [-0.2, 0) is 29.4 Å². The Bertz CT molecular complexity index is 1230. The summed E-state index contributed by atoms with van der Waals surface area (Å²) in [6.07, 6.45) is 1.58. The van der Waals surface area contributed by atoms with Crippen molar-refractivity contribution in [3.8, 4) is 0 Å². The minimum Gasteiger partial charge on any atom is -0.331 e. The summed E-state index contributed by atoms with van der Waals surface area (Å²) in [5, 5.41) is 2.08. The second-order valence-electron chi connectivity index (χ2n) is 8.11. The van der Waals surface area contributed by atoms with E-state index in [0.29, 0.717) is 31.6 Å². The molecule has 0 aliphatic carbocycles. The number of amides is 1. The molecule has 0 saturated heterocycles. The van der Waals surface area contributed by atoms with Gasteiger partial charge in [-0.15, -0.1) is 11.3 Å². The van der Waals surface area contributed by atoms with Gasteiger partial charge in [0.1, 0.15) is 0 Å². The third kappa shape index (κ3) is 3.60. The Morgan fingerprint density at radius 3 is 2.48 bits per heavy atom. The summed E-state index contributed by atoms with van der Waals surface area (Å²) < 4.78 is 27.9. The molecule has 2 aliphatic heterocycles. The zero-order valence-electron chi connectivity index (χ0n) is 17.3. The van der Waals surface area contributed by atoms with Gasteiger partial charge < -0.3 is 4.90 Å². The molecule has 3 heterocycles. The van der Waals surface area contributed by atoms with E-state index in [1.54, 1.807) is 35.6 Å². The number of fused-ring (bicyclic) bond motifs is 2. The molecule has 1 aromatic heterocycles. The molecule has 7 heteroatoms. The number of rotatable bonds is 3. The molecule has 2 aliphatic rings. The maximum atomic E-state index is 13.2. The first-order chi connectivity index (χ1) is 14.9. The Morgan fingerprint density at radius 2 is 1.71 bits per heavy atom. The lowest BCUT2D eigenvalue weighted by Crippen LogP contribution is -2.38. The molecule has 5 rings (SSSR count). The SMILES string of the molecule is C[C@H]1c2ccsc2CCN1C(=O)c1ccc(S(=O)(=O)N2CCc3ccccc3C2)cc1. The third-order valence-corrected chi connectivity index (χ3v) is 9.23. The molecule has 1 amide bonds. The van der Waals surface area contributed by atoms with E-state index in [-0.39, 0.29) is 16.8 Å². The topological polar surface area (TPSA) is 57.7 Å². The fourth-order valence-corrected chi connectivity index (χ4v) is 6.93. The highest BCUT2D eigenvalue weighted by Crippen LogP contribution is 2.34. The van der Waals surface area contributed by atoms with Crippen LogP contribution in [0.4, 0.5) is 0 Å². The van der Waals surface area contributed by atoms with Crippen LogP contribution in [0.3, 0.4) is 0 Å². The zero-order chi connectivity index (χ0) is 21.6. The molecule has 0 N–H and O–H groups in total. The van der Waals surface area contributed by atoms with Crippen LogP contribution in [0.1, 0.15) is 44.9 Å². The van der Waals surface area contributed by atoms with Crippen molar-refractivity contribution in [2.45, 2.75) is 37.2 Å². The first-order valence-electron chi connectivity index (χ1n) is 10.5. The number of hydrogen-bond donors (Lipinski definition) is 0. The molecule has 3 aromatic rings. The fraction of sp³-hybridized carbons (Fsp3) is 0.292. The predicted molar refractivity (Wildman–Crippen MR) is 122 cm³/mol. The number of sulfonamides is 1. The van der Waals surface area contributed by atoms with Crippen molar-refractivity contribution in [2.24, 2.45) is 0 Å². The van der Waals surface area contributed by atoms with Gasteiger partial charge in [-0.05, 0) is 72.2 Å². The monoisotopic (exact) mass is 452 g/mol. The van der Waals surface area contributed by atoms with Crippen LogP contribution in [0.15, 0.2) is 64.9 Å². The summed E-state index contributed by atoms with van der Waals surface area (Å²) in [4.78, 5) is 16.6. The summed E-state index contributed by atoms with van der Waals surface area (Å²) in [5.41, 5.74) is 4.00. The standard InChI is InChI=1S/C24H24N2O3S2/c1-17-22-12-15-30-23(22)11-14-26(17)24(27)19-6-8-21(9-7-19)31(28,29)25-13-10-18-4-2-3-5-20(18)16-25/h2-9,12,15,17H,10-11,13-14,16H2,1H3/t17-/m0/s1. The van der Waals surface area contributed by atoms with Gasteiger partial charge in [0.25, 0.3) is 5.91 Å². The van der Waals surface area contributed by atoms with Crippen LogP contribution < -0.4 is 0 Å². The van der Waals surface area contributed by atoms with Gasteiger partial charge in [0.15, 0.2) is 0 Å². The fourth-order valence-electron chi connectivity index (χ4n) is 4.55. The Kier molecular flexibility index (Phi) is 5.20. The maximum Gasteiger partial charge on any atom is 0.254 e. The molecule has 0 bridgehead atoms. The highest BCUT2D eigenvalue weighted by atomic mass is 32.2. The van der Waals surface area contributed by atoms with Crippen LogP contribution in [0.5, 0.6) is 0 Å². The van der Waals surface area contributed by atoms with Crippen molar-refractivity contribution < 1.29 is 13.2 Å². The van der Waals surface area contributed by atoms with Gasteiger partial charge in [0.2, 0.25) is 10.0 Å². The molecule has 0 saturated carbocycles. The minimum absolute atomic E-state index is 0.0272. The highest BCUT2D eigenvalue weighted by molar-refractivity contribution is 7.89. The second kappa shape index (κ2) is 7.89. The number of carbonyl (C=O) groups excluding carboxylic acids is 1. The number of hydrogen-bond acceptors (Lipinski definition) is 4. The largest absolute Gasteiger partial charge is 0.331 e. The van der Waals surface area contributed by atoms with Crippen molar-refractivity contribution in [3.05, 3.63) is 87.1 Å². The summed E-state index contributed by atoms with van der Waals surface area (Å²) in [5.74, 6) is -0.0554. The van der Waals surface area contributed by atoms with E-state index in [0.717, 1.165) is 12.0 Å². The Morgan fingerprint density at radius 1 is 0.968 bits per heavy atom. The van der Waals surface area contributed by atoms with E-state index in [4.69, 9.17) is 0 Å². The van der Waals surface area contributed by atoms with Gasteiger partial charge in [-0.3, -0.25) is 4.79 Å². The second-order valence-corrected chi connectivity index (χ2v) is 11.0. The van der Waals surface area contributed by atoms with Gasteiger partial charge in [0.05, 0.1) is 10.9 Å². The van der Waals surface area contributed by atoms with Gasteiger partial charge in [0, 0.05) is 30.1 Å². The molecule has 0 radical (unpaired) electrons. The van der Waals surface area contributed by atoms with Gasteiger partial charge in [-0.2, -0.15) is 4.31 Å². The van der Waals surface area contributed by atoms with Crippen LogP contribution in [0.2, 0.25) is 0 Å². The zero-order valence-corrected chi connectivity index (χ0v) is 19.0. The molecule has 0 unspecified atom stereocenters. The molecule has 5 nitrogen and oxygen atoms in total. The molecular formula is C24H24N2O3S2. The average molecular weight is 453 g/mol.